The topological polar surface area (TPSA) is 206 Å². The maximum absolute atomic E-state index is 13.9. The van der Waals surface area contributed by atoms with Gasteiger partial charge < -0.3 is 51.0 Å². The van der Waals surface area contributed by atoms with Crippen molar-refractivity contribution in [1.82, 2.24) is 0 Å². The van der Waals surface area contributed by atoms with Crippen LogP contribution in [0.1, 0.15) is 205 Å². The van der Waals surface area contributed by atoms with Crippen molar-refractivity contribution in [3.8, 4) is 40.2 Å². The number of amides is 1. The average Bonchev–Trinajstić information content (AvgIpc) is 1.54. The Morgan fingerprint density at radius 1 is 0.360 bits per heavy atom. The molecule has 0 fully saturated rings. The van der Waals surface area contributed by atoms with Gasteiger partial charge >= 0.3 is 32.4 Å². The number of aryl methyl sites for hydroxylation is 4. The Hall–Kier alpha value is -11.1. The average molecular weight is 1750 g/mol. The van der Waals surface area contributed by atoms with E-state index in [-0.39, 0.29) is 40.6 Å². The van der Waals surface area contributed by atoms with Gasteiger partial charge in [-0.3, -0.25) is 28.9 Å². The summed E-state index contributed by atoms with van der Waals surface area (Å²) in [5.74, 6) is 4.00. The minimum Gasteiger partial charge on any atom is -0.497 e. The molecule has 0 bridgehead atoms. The molecule has 11 rings (SSSR count). The molecule has 10 aromatic carbocycles. The van der Waals surface area contributed by atoms with E-state index in [0.29, 0.717) is 40.1 Å². The smallest absolute Gasteiger partial charge is 0.311 e. The third kappa shape index (κ3) is 31.2. The summed E-state index contributed by atoms with van der Waals surface area (Å²) in [5.41, 5.74) is 12.6. The molecule has 1 unspecified atom stereocenters. The van der Waals surface area contributed by atoms with Crippen LogP contribution in [0.4, 0.5) is 5.69 Å². The van der Waals surface area contributed by atoms with Crippen LogP contribution in [0, 0.1) is 13.8 Å². The molecule has 1 heterocycles. The van der Waals surface area contributed by atoms with Crippen molar-refractivity contribution in [3.05, 3.63) is 309 Å². The molecule has 17 nitrogen and oxygen atoms in total. The van der Waals surface area contributed by atoms with E-state index >= 15 is 0 Å². The van der Waals surface area contributed by atoms with Gasteiger partial charge in [-0.1, -0.05) is 205 Å². The molecule has 0 spiro atoms. The largest absolute Gasteiger partial charge is 0.497 e. The van der Waals surface area contributed by atoms with E-state index in [1.54, 1.807) is 47.3 Å². The van der Waals surface area contributed by atoms with Crippen LogP contribution in [0.15, 0.2) is 243 Å². The minimum absolute atomic E-state index is 0.0734. The predicted octanol–water partition coefficient (Wildman–Crippen LogP) is 24.7. The fourth-order valence-corrected chi connectivity index (χ4v) is 29.8. The number of ether oxygens (including phenoxy) is 7. The number of hydrogen-bond acceptors (Lipinski definition) is 16. The molecule has 1 aliphatic rings. The summed E-state index contributed by atoms with van der Waals surface area (Å²) in [6.07, 6.45) is 12.5. The molecular formula is C105H131NO16Si3. The van der Waals surface area contributed by atoms with Gasteiger partial charge in [0, 0.05) is 62.6 Å². The van der Waals surface area contributed by atoms with Crippen LogP contribution < -0.4 is 38.1 Å². The zero-order chi connectivity index (χ0) is 91.7. The first-order valence-electron chi connectivity index (χ1n) is 43.2. The summed E-state index contributed by atoms with van der Waals surface area (Å²) in [4.78, 5) is 81.5. The highest BCUT2D eigenvalue weighted by atomic mass is 28.5. The molecule has 10 aromatic rings. The molecule has 0 aliphatic carbocycles. The zero-order valence-corrected chi connectivity index (χ0v) is 80.5. The highest BCUT2D eigenvalue weighted by Crippen LogP contribution is 2.52. The summed E-state index contributed by atoms with van der Waals surface area (Å²) < 4.78 is 50.2. The summed E-state index contributed by atoms with van der Waals surface area (Å²) in [6, 6.07) is 81.0. The third-order valence-electron chi connectivity index (χ3n) is 21.9. The molecular weight excluding hydrogens is 1620 g/mol. The Morgan fingerprint density at radius 2 is 0.696 bits per heavy atom. The van der Waals surface area contributed by atoms with Crippen molar-refractivity contribution < 1.29 is 75.0 Å². The Balaban J connectivity index is 0.000000224. The fraction of sp³-hybridized carbons (Fsp3) is 0.362. The van der Waals surface area contributed by atoms with Gasteiger partial charge in [0.2, 0.25) is 0 Å². The van der Waals surface area contributed by atoms with Crippen LogP contribution in [-0.4, -0.2) is 87.9 Å². The summed E-state index contributed by atoms with van der Waals surface area (Å²) >= 11 is 0. The predicted molar refractivity (Wildman–Crippen MR) is 509 cm³/mol. The molecule has 0 N–H and O–H groups in total. The number of methoxy groups -OCH3 is 3. The fourth-order valence-electron chi connectivity index (χ4n) is 15.7. The molecule has 1 aliphatic heterocycles. The number of hydrogen-bond donors (Lipinski definition) is 0. The van der Waals surface area contributed by atoms with Crippen molar-refractivity contribution >= 4 is 72.2 Å². The van der Waals surface area contributed by atoms with Crippen LogP contribution in [0.3, 0.4) is 0 Å². The van der Waals surface area contributed by atoms with E-state index in [2.05, 4.69) is 128 Å². The monoisotopic (exact) mass is 1750 g/mol. The van der Waals surface area contributed by atoms with Crippen LogP contribution >= 0.6 is 0 Å². The minimum atomic E-state index is -2.23. The van der Waals surface area contributed by atoms with Gasteiger partial charge in [-0.15, -0.1) is 0 Å². The quantitative estimate of drug-likeness (QED) is 0.0157. The SMILES string of the molecule is CC(=O)CCCCCCCCC(C)=O.CC(=O)Oc1ccc(C(C)(C)c2ccccc2)cc1.COc1ccc(C(C)(C)c2ccc(OC(C)=O)cc2)cc1.COc1ccc(C2(c3ccc(OC(C)=O)cc3)c3ccccc3C(=O)N2c2ccccc2)cc1.COc1ccc(CCC[Si](C)(C)O[Si](C)(C)O[Si](C)(C)CCCc2ccc(OC(C)=O)c(C)c2)cc1C. The van der Waals surface area contributed by atoms with Gasteiger partial charge in [-0.25, -0.2) is 0 Å². The van der Waals surface area contributed by atoms with Crippen molar-refractivity contribution in [2.75, 3.05) is 26.2 Å². The van der Waals surface area contributed by atoms with E-state index in [1.807, 2.05) is 188 Å². The van der Waals surface area contributed by atoms with Gasteiger partial charge in [0.15, 0.2) is 16.6 Å². The second-order valence-electron chi connectivity index (χ2n) is 34.5. The third-order valence-corrected chi connectivity index (χ3v) is 33.4. The zero-order valence-electron chi connectivity index (χ0n) is 77.5. The molecule has 664 valence electrons. The lowest BCUT2D eigenvalue weighted by Crippen LogP contribution is -2.52. The van der Waals surface area contributed by atoms with E-state index < -0.39 is 30.7 Å². The Bertz CT molecular complexity index is 5110. The molecule has 125 heavy (non-hydrogen) atoms. The molecule has 20 heteroatoms. The molecule has 0 saturated carbocycles. The lowest BCUT2D eigenvalue weighted by molar-refractivity contribution is -0.132. The van der Waals surface area contributed by atoms with Gasteiger partial charge in [0.05, 0.1) is 21.3 Å². The number of para-hydroxylation sites is 1. The van der Waals surface area contributed by atoms with Crippen LogP contribution in [-0.2, 0) is 66.2 Å². The summed E-state index contributed by atoms with van der Waals surface area (Å²) in [6.45, 7) is 35.4. The van der Waals surface area contributed by atoms with Crippen molar-refractivity contribution in [1.29, 1.82) is 0 Å². The van der Waals surface area contributed by atoms with Gasteiger partial charge in [0.25, 0.3) is 5.91 Å². The lowest BCUT2D eigenvalue weighted by atomic mass is 9.76. The highest BCUT2D eigenvalue weighted by Gasteiger charge is 2.53. The van der Waals surface area contributed by atoms with Crippen molar-refractivity contribution in [2.45, 2.75) is 228 Å². The number of Topliss-reactive ketones (excluding diaryl/α,β-unsaturated/α-hetero) is 2. The number of nitrogens with zero attached hydrogens (tertiary/aromatic N) is 1. The second-order valence-corrected chi connectivity index (χ2v) is 47.0. The molecule has 1 atom stereocenters. The number of carbonyl (C=O) groups is 7. The van der Waals surface area contributed by atoms with E-state index in [4.69, 9.17) is 41.4 Å². The number of fused-ring (bicyclic) bond motifs is 1. The number of ketones is 2. The molecule has 0 radical (unpaired) electrons. The number of benzene rings is 10. The first-order chi connectivity index (χ1) is 59.2. The Kier molecular flexibility index (Phi) is 38.6. The highest BCUT2D eigenvalue weighted by molar-refractivity contribution is 6.87. The first kappa shape index (κ1) is 101. The van der Waals surface area contributed by atoms with Crippen LogP contribution in [0.25, 0.3) is 0 Å². The number of carbonyl (C=O) groups excluding carboxylic acids is 7. The maximum Gasteiger partial charge on any atom is 0.311 e. The molecule has 1 amide bonds. The van der Waals surface area contributed by atoms with Crippen molar-refractivity contribution in [2.24, 2.45) is 0 Å². The van der Waals surface area contributed by atoms with Gasteiger partial charge in [-0.05, 0) is 270 Å². The van der Waals surface area contributed by atoms with Crippen molar-refractivity contribution in [3.63, 3.8) is 0 Å². The number of esters is 4. The molecule has 0 aromatic heterocycles. The van der Waals surface area contributed by atoms with Gasteiger partial charge in [0.1, 0.15) is 57.4 Å². The number of unbranched alkanes of at least 4 members (excludes halogenated alkanes) is 5. The second kappa shape index (κ2) is 47.8. The number of rotatable bonds is 35. The Labute approximate surface area is 746 Å². The standard InChI is InChI=1S/C29H23NO4.C29H48O5Si3.C18H20O3.C17H18O2.C12H22O2/c1-20(31)34-25-18-14-22(15-19-25)29(21-12-16-24(33-2)17-13-21)27-11-7-6-10-26(27)28(32)30(29)23-8-4-3-5-9-23;1-23-21-26(15-17-28(23)31-4)13-11-19-35(5,6)33-37(9,10)34-36(7,8)20-12-14-27-16-18-29(24(2)22-27)32-25(3)30;1-13(19)21-17-11-7-15(8-12-17)18(2,3)14-5-9-16(20-4)10-6-14;1-13(18)19-16-11-9-15(10-12-16)17(2,3)14-7-5-4-6-8-14;1-11(13)9-7-5-3-4-6-8-10-12(2)14/h3-19H,1-2H3;15-18,21-22H,11-14,19-20H2,1-10H3;5-12H,1-4H3;4-12H,1-3H3;3-10H2,1-2H3. The van der Waals surface area contributed by atoms with E-state index in [0.717, 1.165) is 127 Å². The van der Waals surface area contributed by atoms with Gasteiger partial charge in [-0.2, -0.15) is 0 Å². The van der Waals surface area contributed by atoms with Crippen LogP contribution in [0.5, 0.6) is 40.2 Å². The van der Waals surface area contributed by atoms with Crippen LogP contribution in [0.2, 0.25) is 51.4 Å². The number of anilines is 1. The lowest BCUT2D eigenvalue weighted by Gasteiger charge is -2.40. The maximum atomic E-state index is 13.9. The first-order valence-corrected chi connectivity index (χ1v) is 52.3. The summed E-state index contributed by atoms with van der Waals surface area (Å²) in [7, 11) is -0.911. The normalized spacial score (nSPS) is 12.9. The van der Waals surface area contributed by atoms with E-state index in [9.17, 15) is 33.6 Å². The Morgan fingerprint density at radius 3 is 1.06 bits per heavy atom. The molecule has 0 saturated heterocycles. The van der Waals surface area contributed by atoms with E-state index in [1.165, 1.54) is 73.9 Å². The summed E-state index contributed by atoms with van der Waals surface area (Å²) in [5, 5.41) is 0.